The quantitative estimate of drug-likeness (QED) is 0.533. The molecule has 1 aliphatic heterocycles. The van der Waals surface area contributed by atoms with E-state index in [1.165, 1.54) is 5.56 Å². The van der Waals surface area contributed by atoms with Gasteiger partial charge in [-0.3, -0.25) is 4.99 Å². The summed E-state index contributed by atoms with van der Waals surface area (Å²) in [5.74, 6) is 1.66. The zero-order chi connectivity index (χ0) is 20.5. The summed E-state index contributed by atoms with van der Waals surface area (Å²) in [7, 11) is 3.51. The molecule has 0 saturated carbocycles. The van der Waals surface area contributed by atoms with Crippen LogP contribution in [0.4, 0.5) is 0 Å². The van der Waals surface area contributed by atoms with Crippen molar-refractivity contribution >= 4 is 17.6 Å². The monoisotopic (exact) mass is 415 g/mol. The summed E-state index contributed by atoms with van der Waals surface area (Å²) in [6.07, 6.45) is 2.75. The smallest absolute Gasteiger partial charge is 0.191 e. The van der Waals surface area contributed by atoms with Gasteiger partial charge in [-0.05, 0) is 43.0 Å². The second-order valence-electron chi connectivity index (χ2n) is 7.33. The Bertz CT molecular complexity index is 805. The van der Waals surface area contributed by atoms with E-state index in [1.54, 1.807) is 14.2 Å². The number of ether oxygens (including phenoxy) is 2. The molecule has 0 bridgehead atoms. The van der Waals surface area contributed by atoms with E-state index in [-0.39, 0.29) is 5.41 Å². The van der Waals surface area contributed by atoms with E-state index in [4.69, 9.17) is 21.1 Å². The van der Waals surface area contributed by atoms with E-state index in [2.05, 4.69) is 39.9 Å². The van der Waals surface area contributed by atoms with Crippen LogP contribution in [0.3, 0.4) is 0 Å². The minimum absolute atomic E-state index is 0.120. The highest BCUT2D eigenvalue weighted by atomic mass is 35.5. The number of hydrogen-bond donors (Lipinski definition) is 2. The summed E-state index contributed by atoms with van der Waals surface area (Å²) >= 11 is 6.33. The summed E-state index contributed by atoms with van der Waals surface area (Å²) in [5.41, 5.74) is 2.31. The molecule has 5 nitrogen and oxygen atoms in total. The van der Waals surface area contributed by atoms with Crippen molar-refractivity contribution in [3.8, 4) is 5.75 Å². The van der Waals surface area contributed by atoms with Gasteiger partial charge in [-0.15, -0.1) is 0 Å². The number of rotatable bonds is 7. The maximum atomic E-state index is 6.33. The molecule has 3 rings (SSSR count). The molecule has 1 heterocycles. The molecule has 0 aliphatic carbocycles. The van der Waals surface area contributed by atoms with Crippen LogP contribution in [-0.2, 0) is 16.6 Å². The fraction of sp³-hybridized carbons (Fsp3) is 0.435. The molecule has 1 saturated heterocycles. The molecule has 0 aromatic heterocycles. The molecule has 0 radical (unpaired) electrons. The Morgan fingerprint density at radius 3 is 2.59 bits per heavy atom. The Kier molecular flexibility index (Phi) is 7.78. The molecule has 6 heteroatoms. The Morgan fingerprint density at radius 1 is 1.14 bits per heavy atom. The average molecular weight is 416 g/mol. The van der Waals surface area contributed by atoms with Crippen LogP contribution in [0.1, 0.15) is 24.0 Å². The third-order valence-electron chi connectivity index (χ3n) is 5.55. The van der Waals surface area contributed by atoms with Crippen molar-refractivity contribution < 1.29 is 9.47 Å². The fourth-order valence-electron chi connectivity index (χ4n) is 3.84. The first-order chi connectivity index (χ1) is 14.2. The van der Waals surface area contributed by atoms with Crippen molar-refractivity contribution in [2.45, 2.75) is 24.7 Å². The van der Waals surface area contributed by atoms with Gasteiger partial charge in [0.2, 0.25) is 0 Å². The van der Waals surface area contributed by atoms with Crippen LogP contribution >= 0.6 is 11.6 Å². The van der Waals surface area contributed by atoms with Gasteiger partial charge in [-0.2, -0.15) is 0 Å². The third-order valence-corrected chi connectivity index (χ3v) is 5.78. The topological polar surface area (TPSA) is 54.9 Å². The fourth-order valence-corrected chi connectivity index (χ4v) is 4.01. The molecular weight excluding hydrogens is 386 g/mol. The standard InChI is InChI=1S/C23H30ClN3O2/c1-25-22(26-13-10-18-6-4-3-5-7-18)27-17-23(11-14-29-15-12-23)20-16-19(24)8-9-21(20)28-2/h3-9,16H,10-15,17H2,1-2H3,(H2,25,26,27). The molecule has 156 valence electrons. The van der Waals surface area contributed by atoms with Crippen molar-refractivity contribution in [3.63, 3.8) is 0 Å². The Hall–Kier alpha value is -2.24. The van der Waals surface area contributed by atoms with Crippen LogP contribution < -0.4 is 15.4 Å². The van der Waals surface area contributed by atoms with Crippen molar-refractivity contribution in [1.29, 1.82) is 0 Å². The van der Waals surface area contributed by atoms with E-state index in [9.17, 15) is 0 Å². The van der Waals surface area contributed by atoms with Crippen molar-refractivity contribution in [2.24, 2.45) is 4.99 Å². The molecule has 2 aromatic rings. The summed E-state index contributed by atoms with van der Waals surface area (Å²) in [6, 6.07) is 16.3. The van der Waals surface area contributed by atoms with Gasteiger partial charge in [-0.1, -0.05) is 41.9 Å². The number of nitrogens with zero attached hydrogens (tertiary/aromatic N) is 1. The van der Waals surface area contributed by atoms with Gasteiger partial charge < -0.3 is 20.1 Å². The van der Waals surface area contributed by atoms with Gasteiger partial charge in [0.25, 0.3) is 0 Å². The van der Waals surface area contributed by atoms with E-state index < -0.39 is 0 Å². The van der Waals surface area contributed by atoms with E-state index in [0.29, 0.717) is 0 Å². The molecule has 2 aromatic carbocycles. The third kappa shape index (κ3) is 5.64. The van der Waals surface area contributed by atoms with Crippen molar-refractivity contribution in [1.82, 2.24) is 10.6 Å². The maximum Gasteiger partial charge on any atom is 0.191 e. The molecule has 0 amide bonds. The first kappa shape index (κ1) is 21.5. The summed E-state index contributed by atoms with van der Waals surface area (Å²) in [5, 5.41) is 7.66. The molecule has 1 aliphatic rings. The normalized spacial score (nSPS) is 16.3. The lowest BCUT2D eigenvalue weighted by molar-refractivity contribution is 0.0505. The predicted molar refractivity (Wildman–Crippen MR) is 119 cm³/mol. The van der Waals surface area contributed by atoms with Crippen LogP contribution in [0.2, 0.25) is 5.02 Å². The molecule has 29 heavy (non-hydrogen) atoms. The Morgan fingerprint density at radius 2 is 1.90 bits per heavy atom. The minimum atomic E-state index is -0.120. The van der Waals surface area contributed by atoms with Crippen LogP contribution in [0.25, 0.3) is 0 Å². The van der Waals surface area contributed by atoms with E-state index in [0.717, 1.165) is 67.9 Å². The van der Waals surface area contributed by atoms with Crippen LogP contribution in [0.15, 0.2) is 53.5 Å². The highest BCUT2D eigenvalue weighted by Crippen LogP contribution is 2.40. The number of nitrogens with one attached hydrogen (secondary N) is 2. The molecule has 0 spiro atoms. The summed E-state index contributed by atoms with van der Waals surface area (Å²) < 4.78 is 11.3. The lowest BCUT2D eigenvalue weighted by Crippen LogP contribution is -2.48. The van der Waals surface area contributed by atoms with Crippen LogP contribution in [-0.4, -0.2) is 46.4 Å². The number of halogens is 1. The highest BCUT2D eigenvalue weighted by molar-refractivity contribution is 6.30. The van der Waals surface area contributed by atoms with Gasteiger partial charge in [0.05, 0.1) is 7.11 Å². The number of guanidine groups is 1. The number of benzene rings is 2. The second kappa shape index (κ2) is 10.5. The zero-order valence-electron chi connectivity index (χ0n) is 17.2. The van der Waals surface area contributed by atoms with Crippen LogP contribution in [0, 0.1) is 0 Å². The summed E-state index contributed by atoms with van der Waals surface area (Å²) in [4.78, 5) is 4.39. The first-order valence-electron chi connectivity index (χ1n) is 10.1. The zero-order valence-corrected chi connectivity index (χ0v) is 18.0. The highest BCUT2D eigenvalue weighted by Gasteiger charge is 2.37. The first-order valence-corrected chi connectivity index (χ1v) is 10.4. The molecule has 0 atom stereocenters. The summed E-state index contributed by atoms with van der Waals surface area (Å²) in [6.45, 7) is 2.99. The SMILES string of the molecule is CN=C(NCCc1ccccc1)NCC1(c2cc(Cl)ccc2OC)CCOCC1. The maximum absolute atomic E-state index is 6.33. The lowest BCUT2D eigenvalue weighted by Gasteiger charge is -2.39. The predicted octanol–water partition coefficient (Wildman–Crippen LogP) is 3.80. The van der Waals surface area contributed by atoms with E-state index >= 15 is 0 Å². The van der Waals surface area contributed by atoms with Crippen molar-refractivity contribution in [2.75, 3.05) is 40.5 Å². The number of aliphatic imine (C=N–C) groups is 1. The Labute approximate surface area is 178 Å². The molecular formula is C23H30ClN3O2. The molecule has 1 fully saturated rings. The largest absolute Gasteiger partial charge is 0.496 e. The Balaban J connectivity index is 1.68. The average Bonchev–Trinajstić information content (AvgIpc) is 2.77. The van der Waals surface area contributed by atoms with Crippen LogP contribution in [0.5, 0.6) is 5.75 Å². The minimum Gasteiger partial charge on any atom is -0.496 e. The number of hydrogen-bond acceptors (Lipinski definition) is 3. The number of methoxy groups -OCH3 is 1. The lowest BCUT2D eigenvalue weighted by atomic mass is 9.73. The second-order valence-corrected chi connectivity index (χ2v) is 7.76. The van der Waals surface area contributed by atoms with Gasteiger partial charge in [0, 0.05) is 49.4 Å². The van der Waals surface area contributed by atoms with Gasteiger partial charge >= 0.3 is 0 Å². The van der Waals surface area contributed by atoms with Gasteiger partial charge in [-0.25, -0.2) is 0 Å². The van der Waals surface area contributed by atoms with E-state index in [1.807, 2.05) is 24.3 Å². The molecule has 0 unspecified atom stereocenters. The van der Waals surface area contributed by atoms with Crippen molar-refractivity contribution in [3.05, 3.63) is 64.7 Å². The van der Waals surface area contributed by atoms with Gasteiger partial charge in [0.1, 0.15) is 5.75 Å². The molecule has 2 N–H and O–H groups in total. The van der Waals surface area contributed by atoms with Gasteiger partial charge in [0.15, 0.2) is 5.96 Å².